The molecule has 0 bridgehead atoms. The van der Waals surface area contributed by atoms with Gasteiger partial charge in [-0.2, -0.15) is 0 Å². The van der Waals surface area contributed by atoms with Crippen LogP contribution in [0.3, 0.4) is 0 Å². The molecule has 0 radical (unpaired) electrons. The van der Waals surface area contributed by atoms with Gasteiger partial charge < -0.3 is 10.6 Å². The van der Waals surface area contributed by atoms with E-state index in [-0.39, 0.29) is 17.4 Å². The third-order valence-electron chi connectivity index (χ3n) is 5.57. The molecule has 3 rings (SSSR count). The first-order valence-corrected chi connectivity index (χ1v) is 11.3. The van der Waals surface area contributed by atoms with Crippen molar-refractivity contribution in [3.8, 4) is 0 Å². The predicted octanol–water partition coefficient (Wildman–Crippen LogP) is 3.54. The van der Waals surface area contributed by atoms with Gasteiger partial charge in [-0.05, 0) is 42.3 Å². The zero-order valence-corrected chi connectivity index (χ0v) is 19.6. The quantitative estimate of drug-likeness (QED) is 0.375. The number of carbonyl (C=O) groups excluding carboxylic acids is 4. The number of carbonyl (C=O) groups is 4. The van der Waals surface area contributed by atoms with Gasteiger partial charge in [0.05, 0.1) is 11.3 Å². The summed E-state index contributed by atoms with van der Waals surface area (Å²) in [4.78, 5) is 50.9. The molecule has 8 nitrogen and oxygen atoms in total. The summed E-state index contributed by atoms with van der Waals surface area (Å²) < 4.78 is 0. The van der Waals surface area contributed by atoms with Crippen LogP contribution in [0.4, 0.5) is 5.69 Å². The molecule has 3 aromatic carbocycles. The minimum Gasteiger partial charge on any atom is -0.340 e. The lowest BCUT2D eigenvalue weighted by Crippen LogP contribution is -2.54. The van der Waals surface area contributed by atoms with E-state index in [1.54, 1.807) is 84.9 Å². The highest BCUT2D eigenvalue weighted by Gasteiger charge is 2.27. The third-order valence-corrected chi connectivity index (χ3v) is 5.57. The summed E-state index contributed by atoms with van der Waals surface area (Å²) in [6.07, 6.45) is 0.609. The number of hydrogen-bond acceptors (Lipinski definition) is 4. The second kappa shape index (κ2) is 12.1. The van der Waals surface area contributed by atoms with Gasteiger partial charge in [-0.3, -0.25) is 30.0 Å². The van der Waals surface area contributed by atoms with Crippen molar-refractivity contribution in [2.75, 3.05) is 5.32 Å². The molecule has 0 fully saturated rings. The van der Waals surface area contributed by atoms with Gasteiger partial charge in [-0.25, -0.2) is 0 Å². The molecule has 0 saturated heterocycles. The predicted molar refractivity (Wildman–Crippen MR) is 134 cm³/mol. The van der Waals surface area contributed by atoms with E-state index in [1.165, 1.54) is 0 Å². The molecule has 4 N–H and O–H groups in total. The number of anilines is 1. The van der Waals surface area contributed by atoms with E-state index in [4.69, 9.17) is 0 Å². The first kappa shape index (κ1) is 25.2. The molecule has 0 saturated carbocycles. The summed E-state index contributed by atoms with van der Waals surface area (Å²) >= 11 is 0. The number of para-hydroxylation sites is 1. The van der Waals surface area contributed by atoms with Crippen LogP contribution < -0.4 is 21.5 Å². The Morgan fingerprint density at radius 1 is 0.686 bits per heavy atom. The largest absolute Gasteiger partial charge is 0.340 e. The number of nitrogens with one attached hydrogen (secondary N) is 4. The van der Waals surface area contributed by atoms with Crippen molar-refractivity contribution >= 4 is 29.3 Å². The molecule has 0 aliphatic rings. The first-order chi connectivity index (χ1) is 16.9. The van der Waals surface area contributed by atoms with Crippen LogP contribution in [-0.2, 0) is 4.79 Å². The lowest BCUT2D eigenvalue weighted by Gasteiger charge is -2.24. The number of rotatable bonds is 8. The van der Waals surface area contributed by atoms with E-state index in [2.05, 4.69) is 21.5 Å². The van der Waals surface area contributed by atoms with Crippen molar-refractivity contribution < 1.29 is 19.2 Å². The Balaban J connectivity index is 1.71. The maximum absolute atomic E-state index is 13.1. The molecule has 35 heavy (non-hydrogen) atoms. The molecular weight excluding hydrogens is 444 g/mol. The zero-order valence-electron chi connectivity index (χ0n) is 19.6. The Morgan fingerprint density at radius 3 is 1.83 bits per heavy atom. The van der Waals surface area contributed by atoms with Gasteiger partial charge in [-0.1, -0.05) is 68.8 Å². The van der Waals surface area contributed by atoms with Crippen LogP contribution in [0.25, 0.3) is 0 Å². The van der Waals surface area contributed by atoms with Crippen LogP contribution in [0.2, 0.25) is 0 Å². The zero-order chi connectivity index (χ0) is 25.2. The second-order valence-corrected chi connectivity index (χ2v) is 8.01. The standard InChI is InChI=1S/C27H28N4O4/c1-3-18(2)23(27(35)31-30-25(33)20-14-8-5-9-15-20)29-26(34)21-16-10-11-17-22(21)28-24(32)19-12-6-4-7-13-19/h4-18,23H,3H2,1-2H3,(H,28,32)(H,29,34)(H,30,33)(H,31,35)/t18-,23-/m0/s1. The summed E-state index contributed by atoms with van der Waals surface area (Å²) in [5.74, 6) is -2.13. The topological polar surface area (TPSA) is 116 Å². The average Bonchev–Trinajstić information content (AvgIpc) is 2.90. The van der Waals surface area contributed by atoms with Crippen molar-refractivity contribution in [2.45, 2.75) is 26.3 Å². The van der Waals surface area contributed by atoms with Crippen molar-refractivity contribution in [1.82, 2.24) is 16.2 Å². The lowest BCUT2D eigenvalue weighted by molar-refractivity contribution is -0.124. The number of hydrogen-bond donors (Lipinski definition) is 4. The Kier molecular flexibility index (Phi) is 8.72. The maximum atomic E-state index is 13.1. The molecule has 2 atom stereocenters. The lowest BCUT2D eigenvalue weighted by atomic mass is 9.98. The molecule has 0 aliphatic carbocycles. The van der Waals surface area contributed by atoms with E-state index in [0.29, 0.717) is 23.2 Å². The van der Waals surface area contributed by atoms with Gasteiger partial charge in [0.25, 0.3) is 23.6 Å². The van der Waals surface area contributed by atoms with Crippen LogP contribution >= 0.6 is 0 Å². The minimum absolute atomic E-state index is 0.214. The van der Waals surface area contributed by atoms with Crippen LogP contribution in [0.15, 0.2) is 84.9 Å². The maximum Gasteiger partial charge on any atom is 0.269 e. The molecule has 4 amide bonds. The highest BCUT2D eigenvalue weighted by atomic mass is 16.2. The third kappa shape index (κ3) is 6.77. The van der Waals surface area contributed by atoms with Gasteiger partial charge in [0.2, 0.25) is 0 Å². The average molecular weight is 473 g/mol. The normalized spacial score (nSPS) is 12.1. The van der Waals surface area contributed by atoms with E-state index in [9.17, 15) is 19.2 Å². The monoisotopic (exact) mass is 472 g/mol. The van der Waals surface area contributed by atoms with Gasteiger partial charge in [0.1, 0.15) is 6.04 Å². The van der Waals surface area contributed by atoms with Crippen molar-refractivity contribution in [3.05, 3.63) is 102 Å². The summed E-state index contributed by atoms with van der Waals surface area (Å²) in [6.45, 7) is 3.72. The van der Waals surface area contributed by atoms with Crippen LogP contribution in [-0.4, -0.2) is 29.7 Å². The number of hydrazine groups is 1. The smallest absolute Gasteiger partial charge is 0.269 e. The Morgan fingerprint density at radius 2 is 1.23 bits per heavy atom. The molecule has 0 aliphatic heterocycles. The molecule has 0 heterocycles. The van der Waals surface area contributed by atoms with Crippen LogP contribution in [0, 0.1) is 5.92 Å². The van der Waals surface area contributed by atoms with Gasteiger partial charge in [0, 0.05) is 11.1 Å². The van der Waals surface area contributed by atoms with E-state index in [0.717, 1.165) is 0 Å². The fraction of sp³-hybridized carbons (Fsp3) is 0.185. The van der Waals surface area contributed by atoms with Gasteiger partial charge >= 0.3 is 0 Å². The summed E-state index contributed by atoms with van der Waals surface area (Å²) in [5, 5.41) is 5.50. The summed E-state index contributed by atoms with van der Waals surface area (Å²) in [7, 11) is 0. The van der Waals surface area contributed by atoms with Crippen molar-refractivity contribution in [2.24, 2.45) is 5.92 Å². The number of amides is 4. The second-order valence-electron chi connectivity index (χ2n) is 8.01. The van der Waals surface area contributed by atoms with E-state index < -0.39 is 23.8 Å². The van der Waals surface area contributed by atoms with Crippen molar-refractivity contribution in [3.63, 3.8) is 0 Å². The molecule has 0 spiro atoms. The van der Waals surface area contributed by atoms with Gasteiger partial charge in [0.15, 0.2) is 0 Å². The first-order valence-electron chi connectivity index (χ1n) is 11.3. The van der Waals surface area contributed by atoms with Gasteiger partial charge in [-0.15, -0.1) is 0 Å². The number of benzene rings is 3. The molecule has 0 unspecified atom stereocenters. The SMILES string of the molecule is CC[C@H](C)[C@H](NC(=O)c1ccccc1NC(=O)c1ccccc1)C(=O)NNC(=O)c1ccccc1. The highest BCUT2D eigenvalue weighted by Crippen LogP contribution is 2.18. The van der Waals surface area contributed by atoms with Crippen LogP contribution in [0.1, 0.15) is 51.3 Å². The highest BCUT2D eigenvalue weighted by molar-refractivity contribution is 6.09. The van der Waals surface area contributed by atoms with Crippen LogP contribution in [0.5, 0.6) is 0 Å². The Bertz CT molecular complexity index is 1180. The molecule has 8 heteroatoms. The molecule has 180 valence electrons. The summed E-state index contributed by atoms with van der Waals surface area (Å²) in [5.41, 5.74) is 6.15. The van der Waals surface area contributed by atoms with E-state index >= 15 is 0 Å². The van der Waals surface area contributed by atoms with Crippen molar-refractivity contribution in [1.29, 1.82) is 0 Å². The van der Waals surface area contributed by atoms with E-state index in [1.807, 2.05) is 13.8 Å². The fourth-order valence-corrected chi connectivity index (χ4v) is 3.35. The summed E-state index contributed by atoms with van der Waals surface area (Å²) in [6, 6.07) is 22.8. The Labute approximate surface area is 204 Å². The minimum atomic E-state index is -0.915. The molecule has 3 aromatic rings. The molecule has 0 aromatic heterocycles. The molecular formula is C27H28N4O4. The Hall–Kier alpha value is -4.46. The fourth-order valence-electron chi connectivity index (χ4n) is 3.35.